The Morgan fingerprint density at radius 2 is 1.85 bits per heavy atom. The van der Waals surface area contributed by atoms with E-state index in [9.17, 15) is 13.2 Å². The first-order valence-corrected chi connectivity index (χ1v) is 9.89. The van der Waals surface area contributed by atoms with E-state index in [1.807, 2.05) is 32.0 Å². The average Bonchev–Trinajstić information content (AvgIpc) is 2.64. The number of nitrogens with one attached hydrogen (secondary N) is 1. The minimum atomic E-state index is -3.60. The summed E-state index contributed by atoms with van der Waals surface area (Å²) in [7, 11) is -3.60. The predicted octanol–water partition coefficient (Wildman–Crippen LogP) is 2.01. The molecule has 0 saturated carbocycles. The van der Waals surface area contributed by atoms with E-state index in [1.54, 1.807) is 23.1 Å². The number of rotatable bonds is 5. The first-order chi connectivity index (χ1) is 12.4. The fraction of sp³-hybridized carbons (Fsp3) is 0.316. The molecular formula is C19H22N2O4S. The summed E-state index contributed by atoms with van der Waals surface area (Å²) in [4.78, 5) is 14.1. The smallest absolute Gasteiger partial charge is 0.253 e. The summed E-state index contributed by atoms with van der Waals surface area (Å²) in [5, 5.41) is 0. The monoisotopic (exact) mass is 374 g/mol. The predicted molar refractivity (Wildman–Crippen MR) is 99.6 cm³/mol. The second-order valence-electron chi connectivity index (χ2n) is 6.37. The normalized spacial score (nSPS) is 18.2. The van der Waals surface area contributed by atoms with E-state index in [1.165, 1.54) is 12.1 Å². The molecule has 0 spiro atoms. The minimum Gasteiger partial charge on any atom is -0.365 e. The van der Waals surface area contributed by atoms with Gasteiger partial charge in [-0.1, -0.05) is 24.3 Å². The number of benzene rings is 2. The van der Waals surface area contributed by atoms with Gasteiger partial charge < -0.3 is 9.64 Å². The Labute approximate surface area is 153 Å². The van der Waals surface area contributed by atoms with Crippen LogP contribution in [-0.2, 0) is 19.6 Å². The molecule has 1 atom stereocenters. The van der Waals surface area contributed by atoms with Gasteiger partial charge in [-0.05, 0) is 49.2 Å². The van der Waals surface area contributed by atoms with Crippen LogP contribution in [0.2, 0.25) is 0 Å². The maximum absolute atomic E-state index is 12.3. The number of morpholine rings is 1. The third-order valence-electron chi connectivity index (χ3n) is 4.49. The van der Waals surface area contributed by atoms with Crippen molar-refractivity contribution in [1.82, 2.24) is 4.72 Å². The van der Waals surface area contributed by atoms with Gasteiger partial charge >= 0.3 is 0 Å². The molecule has 3 rings (SSSR count). The van der Waals surface area contributed by atoms with Crippen LogP contribution in [0.4, 0.5) is 5.69 Å². The summed E-state index contributed by atoms with van der Waals surface area (Å²) < 4.78 is 32.7. The number of hydrogen-bond donors (Lipinski definition) is 1. The molecule has 1 amide bonds. The lowest BCUT2D eigenvalue weighted by molar-refractivity contribution is -0.129. The van der Waals surface area contributed by atoms with Gasteiger partial charge in [0.05, 0.1) is 17.5 Å². The topological polar surface area (TPSA) is 75.7 Å². The standard InChI is InChI=1S/C19H22N2O4S/c1-14-8-9-16(10-15(14)2)21-12-17(25-13-19(21)22)11-20-26(23,24)18-6-4-3-5-7-18/h3-10,17,20H,11-13H2,1-2H3. The van der Waals surface area contributed by atoms with Crippen molar-refractivity contribution in [2.75, 3.05) is 24.6 Å². The number of sulfonamides is 1. The van der Waals surface area contributed by atoms with E-state index in [2.05, 4.69) is 4.72 Å². The largest absolute Gasteiger partial charge is 0.365 e. The van der Waals surface area contributed by atoms with Crippen LogP contribution < -0.4 is 9.62 Å². The van der Waals surface area contributed by atoms with Crippen molar-refractivity contribution in [2.24, 2.45) is 0 Å². The molecule has 0 aliphatic carbocycles. The van der Waals surface area contributed by atoms with E-state index >= 15 is 0 Å². The maximum atomic E-state index is 12.3. The lowest BCUT2D eigenvalue weighted by Gasteiger charge is -2.33. The van der Waals surface area contributed by atoms with E-state index in [4.69, 9.17) is 4.74 Å². The van der Waals surface area contributed by atoms with Crippen molar-refractivity contribution in [1.29, 1.82) is 0 Å². The van der Waals surface area contributed by atoms with Gasteiger partial charge in [0, 0.05) is 12.2 Å². The molecule has 2 aromatic rings. The van der Waals surface area contributed by atoms with Crippen LogP contribution in [0, 0.1) is 13.8 Å². The number of amides is 1. The van der Waals surface area contributed by atoms with Crippen molar-refractivity contribution >= 4 is 21.6 Å². The summed E-state index contributed by atoms with van der Waals surface area (Å²) >= 11 is 0. The van der Waals surface area contributed by atoms with Crippen LogP contribution in [0.3, 0.4) is 0 Å². The lowest BCUT2D eigenvalue weighted by Crippen LogP contribution is -2.50. The number of aryl methyl sites for hydroxylation is 2. The molecule has 26 heavy (non-hydrogen) atoms. The van der Waals surface area contributed by atoms with E-state index < -0.39 is 16.1 Å². The number of nitrogens with zero attached hydrogens (tertiary/aromatic N) is 1. The highest BCUT2D eigenvalue weighted by atomic mass is 32.2. The number of carbonyl (C=O) groups is 1. The quantitative estimate of drug-likeness (QED) is 0.869. The molecule has 2 aromatic carbocycles. The van der Waals surface area contributed by atoms with Gasteiger partial charge in [0.2, 0.25) is 10.0 Å². The summed E-state index contributed by atoms with van der Waals surface area (Å²) in [6.45, 7) is 4.35. The van der Waals surface area contributed by atoms with Crippen LogP contribution >= 0.6 is 0 Å². The van der Waals surface area contributed by atoms with Crippen molar-refractivity contribution in [2.45, 2.75) is 24.8 Å². The zero-order chi connectivity index (χ0) is 18.7. The van der Waals surface area contributed by atoms with Gasteiger partial charge in [0.1, 0.15) is 6.61 Å². The van der Waals surface area contributed by atoms with Gasteiger partial charge in [-0.3, -0.25) is 4.79 Å². The number of ether oxygens (including phenoxy) is 1. The minimum absolute atomic E-state index is 0.0648. The highest BCUT2D eigenvalue weighted by Gasteiger charge is 2.28. The second-order valence-corrected chi connectivity index (χ2v) is 8.14. The molecule has 1 heterocycles. The third-order valence-corrected chi connectivity index (χ3v) is 5.93. The molecule has 138 valence electrons. The van der Waals surface area contributed by atoms with Crippen LogP contribution in [0.25, 0.3) is 0 Å². The van der Waals surface area contributed by atoms with Crippen LogP contribution in [0.15, 0.2) is 53.4 Å². The van der Waals surface area contributed by atoms with E-state index in [-0.39, 0.29) is 24.0 Å². The zero-order valence-corrected chi connectivity index (χ0v) is 15.6. The van der Waals surface area contributed by atoms with Gasteiger partial charge in [-0.25, -0.2) is 13.1 Å². The molecule has 1 aliphatic heterocycles. The van der Waals surface area contributed by atoms with Crippen LogP contribution in [0.5, 0.6) is 0 Å². The zero-order valence-electron chi connectivity index (χ0n) is 14.8. The maximum Gasteiger partial charge on any atom is 0.253 e. The highest BCUT2D eigenvalue weighted by Crippen LogP contribution is 2.22. The highest BCUT2D eigenvalue weighted by molar-refractivity contribution is 7.89. The fourth-order valence-electron chi connectivity index (χ4n) is 2.78. The van der Waals surface area contributed by atoms with Gasteiger partial charge in [-0.15, -0.1) is 0 Å². The van der Waals surface area contributed by atoms with Gasteiger partial charge in [0.25, 0.3) is 5.91 Å². The Morgan fingerprint density at radius 3 is 2.54 bits per heavy atom. The Kier molecular flexibility index (Phi) is 5.41. The summed E-state index contributed by atoms with van der Waals surface area (Å²) in [5.41, 5.74) is 3.06. The Bertz CT molecular complexity index is 897. The third kappa shape index (κ3) is 4.12. The van der Waals surface area contributed by atoms with Gasteiger partial charge in [-0.2, -0.15) is 0 Å². The Morgan fingerprint density at radius 1 is 1.12 bits per heavy atom. The molecule has 6 nitrogen and oxygen atoms in total. The number of anilines is 1. The SMILES string of the molecule is Cc1ccc(N2CC(CNS(=O)(=O)c3ccccc3)OCC2=O)cc1C. The molecule has 7 heteroatoms. The average molecular weight is 374 g/mol. The van der Waals surface area contributed by atoms with Crippen molar-refractivity contribution in [3.63, 3.8) is 0 Å². The summed E-state index contributed by atoms with van der Waals surface area (Å²) in [5.74, 6) is -0.129. The molecule has 0 bridgehead atoms. The first-order valence-electron chi connectivity index (χ1n) is 8.41. The summed E-state index contributed by atoms with van der Waals surface area (Å²) in [6.07, 6.45) is -0.409. The molecule has 1 unspecified atom stereocenters. The van der Waals surface area contributed by atoms with Crippen molar-refractivity contribution < 1.29 is 17.9 Å². The summed E-state index contributed by atoms with van der Waals surface area (Å²) in [6, 6.07) is 14.0. The van der Waals surface area contributed by atoms with E-state index in [0.29, 0.717) is 6.54 Å². The number of hydrogen-bond acceptors (Lipinski definition) is 4. The molecule has 0 aromatic heterocycles. The van der Waals surface area contributed by atoms with E-state index in [0.717, 1.165) is 16.8 Å². The lowest BCUT2D eigenvalue weighted by atomic mass is 10.1. The molecule has 1 aliphatic rings. The Balaban J connectivity index is 1.68. The molecule has 1 N–H and O–H groups in total. The van der Waals surface area contributed by atoms with Crippen LogP contribution in [-0.4, -0.2) is 40.1 Å². The molecular weight excluding hydrogens is 352 g/mol. The van der Waals surface area contributed by atoms with Crippen molar-refractivity contribution in [3.05, 3.63) is 59.7 Å². The number of carbonyl (C=O) groups excluding carboxylic acids is 1. The van der Waals surface area contributed by atoms with Crippen LogP contribution in [0.1, 0.15) is 11.1 Å². The molecule has 0 radical (unpaired) electrons. The molecule has 1 saturated heterocycles. The fourth-order valence-corrected chi connectivity index (χ4v) is 3.86. The first kappa shape index (κ1) is 18.6. The molecule has 1 fully saturated rings. The Hall–Kier alpha value is -2.22. The second kappa shape index (κ2) is 7.57. The van der Waals surface area contributed by atoms with Crippen molar-refractivity contribution in [3.8, 4) is 0 Å². The van der Waals surface area contributed by atoms with Gasteiger partial charge in [0.15, 0.2) is 0 Å².